The van der Waals surface area contributed by atoms with E-state index in [1.54, 1.807) is 0 Å². The number of fused-ring (bicyclic) bond motifs is 1. The van der Waals surface area contributed by atoms with Crippen molar-refractivity contribution in [3.63, 3.8) is 0 Å². The molecule has 0 aliphatic rings. The van der Waals surface area contributed by atoms with Gasteiger partial charge in [0.05, 0.1) is 0 Å². The smallest absolute Gasteiger partial charge is 0.275 e. The van der Waals surface area contributed by atoms with E-state index in [2.05, 4.69) is 27.6 Å². The highest BCUT2D eigenvalue weighted by Gasteiger charge is 2.20. The summed E-state index contributed by atoms with van der Waals surface area (Å²) in [6.45, 7) is 8.70. The monoisotopic (exact) mass is 337 g/mol. The summed E-state index contributed by atoms with van der Waals surface area (Å²) in [6.07, 6.45) is 1.73. The van der Waals surface area contributed by atoms with Crippen LogP contribution in [-0.4, -0.2) is 33.6 Å². The summed E-state index contributed by atoms with van der Waals surface area (Å²) < 4.78 is 1.31. The first kappa shape index (κ1) is 17.4. The molecule has 2 heterocycles. The first-order valence-electron chi connectivity index (χ1n) is 7.73. The minimum Gasteiger partial charge on any atom is -0.358 e. The molecule has 0 unspecified atom stereocenters. The van der Waals surface area contributed by atoms with Crippen molar-refractivity contribution in [2.45, 2.75) is 40.5 Å². The first-order chi connectivity index (χ1) is 10.8. The van der Waals surface area contributed by atoms with Crippen LogP contribution in [0.4, 0.5) is 5.13 Å². The third-order valence-corrected chi connectivity index (χ3v) is 4.04. The molecule has 0 aromatic carbocycles. The van der Waals surface area contributed by atoms with Gasteiger partial charge in [0.15, 0.2) is 0 Å². The lowest BCUT2D eigenvalue weighted by atomic mass is 9.96. The van der Waals surface area contributed by atoms with Gasteiger partial charge in [-0.05, 0) is 6.42 Å². The van der Waals surface area contributed by atoms with E-state index < -0.39 is 5.41 Å². The average molecular weight is 337 g/mol. The van der Waals surface area contributed by atoms with Gasteiger partial charge >= 0.3 is 0 Å². The van der Waals surface area contributed by atoms with Crippen LogP contribution in [0.5, 0.6) is 0 Å². The van der Waals surface area contributed by atoms with E-state index >= 15 is 0 Å². The van der Waals surface area contributed by atoms with Crippen molar-refractivity contribution in [2.75, 3.05) is 18.4 Å². The molecule has 0 bridgehead atoms. The molecule has 2 aromatic rings. The Labute approximate surface area is 139 Å². The zero-order valence-electron chi connectivity index (χ0n) is 14.0. The van der Waals surface area contributed by atoms with Crippen LogP contribution >= 0.6 is 11.3 Å². The Morgan fingerprint density at radius 3 is 2.74 bits per heavy atom. The van der Waals surface area contributed by atoms with E-state index in [0.717, 1.165) is 18.5 Å². The van der Waals surface area contributed by atoms with Gasteiger partial charge < -0.3 is 10.6 Å². The molecule has 0 aliphatic heterocycles. The molecular weight excluding hydrogens is 314 g/mol. The largest absolute Gasteiger partial charge is 0.358 e. The van der Waals surface area contributed by atoms with Gasteiger partial charge in [0.25, 0.3) is 5.56 Å². The average Bonchev–Trinajstić information content (AvgIpc) is 2.86. The normalized spacial score (nSPS) is 11.7. The van der Waals surface area contributed by atoms with Crippen molar-refractivity contribution >= 4 is 27.3 Å². The summed E-state index contributed by atoms with van der Waals surface area (Å²) in [5.74, 6) is 0.00527. The molecule has 8 heteroatoms. The van der Waals surface area contributed by atoms with Gasteiger partial charge in [-0.2, -0.15) is 4.52 Å². The number of amides is 1. The third-order valence-electron chi connectivity index (χ3n) is 3.17. The Hall–Kier alpha value is -1.96. The highest BCUT2D eigenvalue weighted by atomic mass is 32.1. The number of aryl methyl sites for hydroxylation is 1. The molecule has 126 valence electrons. The highest BCUT2D eigenvalue weighted by Crippen LogP contribution is 2.16. The Balaban J connectivity index is 1.98. The number of nitrogens with zero attached hydrogens (tertiary/aromatic N) is 3. The molecule has 1 amide bonds. The summed E-state index contributed by atoms with van der Waals surface area (Å²) in [5.41, 5.74) is 0.233. The molecule has 0 saturated heterocycles. The number of hydrogen-bond acceptors (Lipinski definition) is 6. The third kappa shape index (κ3) is 4.51. The molecular formula is C15H23N5O2S. The SMILES string of the molecule is CCCc1cc(=O)n2nc(NCCNC(=O)C(C)(C)C)sc2n1. The molecule has 0 radical (unpaired) electrons. The lowest BCUT2D eigenvalue weighted by Gasteiger charge is -2.17. The fraction of sp³-hybridized carbons (Fsp3) is 0.600. The van der Waals surface area contributed by atoms with Crippen LogP contribution in [0.25, 0.3) is 4.96 Å². The van der Waals surface area contributed by atoms with Crippen molar-refractivity contribution in [2.24, 2.45) is 5.41 Å². The van der Waals surface area contributed by atoms with E-state index in [9.17, 15) is 9.59 Å². The summed E-state index contributed by atoms with van der Waals surface area (Å²) in [6, 6.07) is 1.53. The molecule has 2 aromatic heterocycles. The fourth-order valence-corrected chi connectivity index (χ4v) is 2.77. The summed E-state index contributed by atoms with van der Waals surface area (Å²) in [4.78, 5) is 28.8. The van der Waals surface area contributed by atoms with Crippen LogP contribution in [0, 0.1) is 5.41 Å². The summed E-state index contributed by atoms with van der Waals surface area (Å²) in [7, 11) is 0. The van der Waals surface area contributed by atoms with Crippen LogP contribution in [0.3, 0.4) is 0 Å². The van der Waals surface area contributed by atoms with Gasteiger partial charge in [-0.15, -0.1) is 5.10 Å². The van der Waals surface area contributed by atoms with Gasteiger partial charge in [0.2, 0.25) is 16.0 Å². The van der Waals surface area contributed by atoms with Crippen LogP contribution in [0.15, 0.2) is 10.9 Å². The number of nitrogens with one attached hydrogen (secondary N) is 2. The molecule has 0 atom stereocenters. The van der Waals surface area contributed by atoms with E-state index in [1.807, 2.05) is 20.8 Å². The van der Waals surface area contributed by atoms with Gasteiger partial charge in [-0.25, -0.2) is 4.98 Å². The van der Waals surface area contributed by atoms with Crippen molar-refractivity contribution < 1.29 is 4.79 Å². The fourth-order valence-electron chi connectivity index (χ4n) is 1.92. The lowest BCUT2D eigenvalue weighted by molar-refractivity contribution is -0.128. The van der Waals surface area contributed by atoms with E-state index in [-0.39, 0.29) is 11.5 Å². The molecule has 0 spiro atoms. The number of aromatic nitrogens is 3. The van der Waals surface area contributed by atoms with E-state index in [0.29, 0.717) is 23.2 Å². The first-order valence-corrected chi connectivity index (χ1v) is 8.55. The second kappa shape index (κ2) is 7.08. The van der Waals surface area contributed by atoms with Gasteiger partial charge in [-0.1, -0.05) is 45.5 Å². The molecule has 0 aliphatic carbocycles. The second-order valence-corrected chi connectivity index (χ2v) is 7.33. The Kier molecular flexibility index (Phi) is 5.35. The molecule has 0 saturated carbocycles. The lowest BCUT2D eigenvalue weighted by Crippen LogP contribution is -2.37. The molecule has 2 rings (SSSR count). The predicted octanol–water partition coefficient (Wildman–Crippen LogP) is 1.68. The maximum Gasteiger partial charge on any atom is 0.275 e. The standard InChI is InChI=1S/C15H23N5O2S/c1-5-6-10-9-11(21)20-14(18-10)23-13(19-20)17-8-7-16-12(22)15(2,3)4/h9H,5-8H2,1-4H3,(H,16,22)(H,17,19). The van der Waals surface area contributed by atoms with E-state index in [1.165, 1.54) is 21.9 Å². The van der Waals surface area contributed by atoms with Gasteiger partial charge in [0, 0.05) is 30.3 Å². The van der Waals surface area contributed by atoms with Crippen LogP contribution in [-0.2, 0) is 11.2 Å². The predicted molar refractivity (Wildman–Crippen MR) is 92.1 cm³/mol. The number of rotatable bonds is 6. The Morgan fingerprint density at radius 2 is 2.09 bits per heavy atom. The van der Waals surface area contributed by atoms with Gasteiger partial charge in [-0.3, -0.25) is 9.59 Å². The maximum absolute atomic E-state index is 12.0. The topological polar surface area (TPSA) is 88.4 Å². The molecule has 23 heavy (non-hydrogen) atoms. The molecule has 0 fully saturated rings. The number of hydrogen-bond donors (Lipinski definition) is 2. The van der Waals surface area contributed by atoms with Gasteiger partial charge in [0.1, 0.15) is 0 Å². The minimum atomic E-state index is -0.400. The zero-order chi connectivity index (χ0) is 17.0. The van der Waals surface area contributed by atoms with E-state index in [4.69, 9.17) is 0 Å². The molecule has 2 N–H and O–H groups in total. The number of carbonyl (C=O) groups is 1. The van der Waals surface area contributed by atoms with Crippen molar-refractivity contribution in [1.29, 1.82) is 0 Å². The van der Waals surface area contributed by atoms with Crippen LogP contribution in [0.1, 0.15) is 39.8 Å². The zero-order valence-corrected chi connectivity index (χ0v) is 14.8. The number of carbonyl (C=O) groups excluding carboxylic acids is 1. The van der Waals surface area contributed by atoms with Crippen molar-refractivity contribution in [3.05, 3.63) is 22.1 Å². The maximum atomic E-state index is 12.0. The van der Waals surface area contributed by atoms with Crippen molar-refractivity contribution in [3.8, 4) is 0 Å². The number of anilines is 1. The Bertz CT molecular complexity index is 744. The minimum absolute atomic E-state index is 0.00527. The van der Waals surface area contributed by atoms with Crippen LogP contribution < -0.4 is 16.2 Å². The Morgan fingerprint density at radius 1 is 1.35 bits per heavy atom. The van der Waals surface area contributed by atoms with Crippen molar-refractivity contribution in [1.82, 2.24) is 19.9 Å². The second-order valence-electron chi connectivity index (χ2n) is 6.37. The molecule has 7 nitrogen and oxygen atoms in total. The van der Waals surface area contributed by atoms with Crippen LogP contribution in [0.2, 0.25) is 0 Å². The highest BCUT2D eigenvalue weighted by molar-refractivity contribution is 7.20. The summed E-state index contributed by atoms with van der Waals surface area (Å²) >= 11 is 1.33. The quantitative estimate of drug-likeness (QED) is 0.783. The summed E-state index contributed by atoms with van der Waals surface area (Å²) in [5, 5.41) is 10.8.